The van der Waals surface area contributed by atoms with Crippen LogP contribution in [0.2, 0.25) is 0 Å². The molecule has 1 aromatic rings. The molecule has 1 aliphatic heterocycles. The number of nitrogens with zero attached hydrogens (tertiary/aromatic N) is 1. The van der Waals surface area contributed by atoms with Crippen LogP contribution >= 0.6 is 0 Å². The Morgan fingerprint density at radius 2 is 1.74 bits per heavy atom. The van der Waals surface area contributed by atoms with Crippen molar-refractivity contribution in [1.82, 2.24) is 4.90 Å². The van der Waals surface area contributed by atoms with E-state index in [1.54, 1.807) is 0 Å². The Kier molecular flexibility index (Phi) is 8.48. The molecule has 1 heterocycles. The minimum atomic E-state index is 0.736. The number of hydrogen-bond donors (Lipinski definition) is 1. The normalized spacial score (nSPS) is 16.6. The lowest BCUT2D eigenvalue weighted by Gasteiger charge is -2.31. The van der Waals surface area contributed by atoms with E-state index in [1.165, 1.54) is 57.2 Å². The summed E-state index contributed by atoms with van der Waals surface area (Å²) in [6.45, 7) is 7.34. The van der Waals surface area contributed by atoms with Gasteiger partial charge in [-0.25, -0.2) is 0 Å². The van der Waals surface area contributed by atoms with Gasteiger partial charge in [0.15, 0.2) is 0 Å². The van der Waals surface area contributed by atoms with E-state index in [1.807, 2.05) is 0 Å². The minimum Gasteiger partial charge on any atom is -0.494 e. The second-order valence-corrected chi connectivity index (χ2v) is 6.86. The smallest absolute Gasteiger partial charge is 0.119 e. The van der Waals surface area contributed by atoms with Gasteiger partial charge in [-0.15, -0.1) is 0 Å². The second kappa shape index (κ2) is 10.7. The Balaban J connectivity index is 1.64. The van der Waals surface area contributed by atoms with E-state index in [-0.39, 0.29) is 0 Å². The maximum Gasteiger partial charge on any atom is 0.119 e. The lowest BCUT2D eigenvalue weighted by Crippen LogP contribution is -2.35. The molecule has 0 saturated carbocycles. The van der Waals surface area contributed by atoms with Crippen LogP contribution in [0.1, 0.15) is 57.4 Å². The van der Waals surface area contributed by atoms with Gasteiger partial charge in [0.2, 0.25) is 0 Å². The first-order chi connectivity index (χ1) is 11.3. The van der Waals surface area contributed by atoms with Gasteiger partial charge in [0, 0.05) is 6.54 Å². The van der Waals surface area contributed by atoms with Crippen molar-refractivity contribution in [3.8, 4) is 5.75 Å². The van der Waals surface area contributed by atoms with Crippen LogP contribution in [0.3, 0.4) is 0 Å². The number of ether oxygens (including phenoxy) is 1. The summed E-state index contributed by atoms with van der Waals surface area (Å²) in [6, 6.07) is 8.66. The molecule has 3 heteroatoms. The number of piperidine rings is 1. The third-order valence-electron chi connectivity index (χ3n) is 4.89. The highest BCUT2D eigenvalue weighted by Crippen LogP contribution is 2.19. The van der Waals surface area contributed by atoms with Gasteiger partial charge < -0.3 is 10.5 Å². The Bertz CT molecular complexity index is 410. The van der Waals surface area contributed by atoms with E-state index in [9.17, 15) is 0 Å². The first kappa shape index (κ1) is 18.3. The van der Waals surface area contributed by atoms with E-state index < -0.39 is 0 Å². The van der Waals surface area contributed by atoms with Gasteiger partial charge in [0.1, 0.15) is 5.75 Å². The fourth-order valence-electron chi connectivity index (χ4n) is 3.23. The summed E-state index contributed by atoms with van der Waals surface area (Å²) < 4.78 is 5.83. The van der Waals surface area contributed by atoms with E-state index in [0.29, 0.717) is 0 Å². The van der Waals surface area contributed by atoms with Gasteiger partial charge in [0.05, 0.1) is 6.61 Å². The molecule has 0 radical (unpaired) electrons. The average Bonchev–Trinajstić information content (AvgIpc) is 2.60. The largest absolute Gasteiger partial charge is 0.494 e. The molecule has 0 spiro atoms. The molecule has 3 nitrogen and oxygen atoms in total. The molecule has 1 aromatic carbocycles. The van der Waals surface area contributed by atoms with Crippen molar-refractivity contribution in [3.05, 3.63) is 29.8 Å². The van der Waals surface area contributed by atoms with Gasteiger partial charge in [-0.1, -0.05) is 44.7 Å². The molecule has 0 bridgehead atoms. The Morgan fingerprint density at radius 3 is 2.39 bits per heavy atom. The average molecular weight is 319 g/mol. The SMILES string of the molecule is CCCCCCCOc1ccc(CN2CCC(CN)CC2)cc1. The zero-order valence-corrected chi connectivity index (χ0v) is 14.8. The van der Waals surface area contributed by atoms with Crippen LogP contribution in [0, 0.1) is 5.92 Å². The number of likely N-dealkylation sites (tertiary alicyclic amines) is 1. The fraction of sp³-hybridized carbons (Fsp3) is 0.700. The number of unbranched alkanes of at least 4 members (excludes halogenated alkanes) is 4. The summed E-state index contributed by atoms with van der Waals surface area (Å²) in [7, 11) is 0. The van der Waals surface area contributed by atoms with Crippen molar-refractivity contribution in [3.63, 3.8) is 0 Å². The van der Waals surface area contributed by atoms with Crippen LogP contribution in [0.15, 0.2) is 24.3 Å². The maximum atomic E-state index is 5.83. The van der Waals surface area contributed by atoms with Crippen molar-refractivity contribution in [1.29, 1.82) is 0 Å². The summed E-state index contributed by atoms with van der Waals surface area (Å²) in [6.07, 6.45) is 8.91. The van der Waals surface area contributed by atoms with Crippen LogP contribution in [0.5, 0.6) is 5.75 Å². The van der Waals surface area contributed by atoms with Crippen LogP contribution < -0.4 is 10.5 Å². The molecule has 0 atom stereocenters. The zero-order chi connectivity index (χ0) is 16.3. The van der Waals surface area contributed by atoms with E-state index in [2.05, 4.69) is 36.1 Å². The molecule has 23 heavy (non-hydrogen) atoms. The summed E-state index contributed by atoms with van der Waals surface area (Å²) in [5, 5.41) is 0. The topological polar surface area (TPSA) is 38.5 Å². The van der Waals surface area contributed by atoms with Gasteiger partial charge >= 0.3 is 0 Å². The molecule has 0 aliphatic carbocycles. The summed E-state index contributed by atoms with van der Waals surface area (Å²) in [5.41, 5.74) is 7.14. The van der Waals surface area contributed by atoms with E-state index >= 15 is 0 Å². The molecule has 2 N–H and O–H groups in total. The minimum absolute atomic E-state index is 0.736. The van der Waals surface area contributed by atoms with Crippen LogP contribution in [0.25, 0.3) is 0 Å². The van der Waals surface area contributed by atoms with Gasteiger partial charge in [-0.3, -0.25) is 4.90 Å². The monoisotopic (exact) mass is 318 g/mol. The fourth-order valence-corrected chi connectivity index (χ4v) is 3.23. The van der Waals surface area contributed by atoms with Gasteiger partial charge in [-0.2, -0.15) is 0 Å². The van der Waals surface area contributed by atoms with Crippen molar-refractivity contribution < 1.29 is 4.74 Å². The molecule has 1 aliphatic rings. The summed E-state index contributed by atoms with van der Waals surface area (Å²) >= 11 is 0. The quantitative estimate of drug-likeness (QED) is 0.657. The molecule has 0 aromatic heterocycles. The molecule has 130 valence electrons. The number of rotatable bonds is 10. The highest BCUT2D eigenvalue weighted by Gasteiger charge is 2.17. The molecular weight excluding hydrogens is 284 g/mol. The summed E-state index contributed by atoms with van der Waals surface area (Å²) in [4.78, 5) is 2.54. The van der Waals surface area contributed by atoms with Gasteiger partial charge in [-0.05, 0) is 62.5 Å². The third-order valence-corrected chi connectivity index (χ3v) is 4.89. The lowest BCUT2D eigenvalue weighted by molar-refractivity contribution is 0.180. The molecule has 0 unspecified atom stereocenters. The number of nitrogens with two attached hydrogens (primary N) is 1. The molecular formula is C20H34N2O. The predicted octanol–water partition coefficient (Wildman–Crippen LogP) is 4.21. The number of hydrogen-bond acceptors (Lipinski definition) is 3. The molecule has 0 amide bonds. The summed E-state index contributed by atoms with van der Waals surface area (Å²) in [5.74, 6) is 1.74. The third kappa shape index (κ3) is 6.92. The maximum absolute atomic E-state index is 5.83. The Labute approximate surface area is 142 Å². The molecule has 2 rings (SSSR count). The highest BCUT2D eigenvalue weighted by molar-refractivity contribution is 5.27. The van der Waals surface area contributed by atoms with Gasteiger partial charge in [0.25, 0.3) is 0 Å². The lowest BCUT2D eigenvalue weighted by atomic mass is 9.97. The van der Waals surface area contributed by atoms with E-state index in [0.717, 1.165) is 37.8 Å². The van der Waals surface area contributed by atoms with Crippen molar-refractivity contribution >= 4 is 0 Å². The first-order valence-electron chi connectivity index (χ1n) is 9.46. The van der Waals surface area contributed by atoms with Crippen LogP contribution in [0.4, 0.5) is 0 Å². The van der Waals surface area contributed by atoms with Crippen molar-refractivity contribution in [2.75, 3.05) is 26.2 Å². The van der Waals surface area contributed by atoms with Crippen molar-refractivity contribution in [2.24, 2.45) is 11.7 Å². The zero-order valence-electron chi connectivity index (χ0n) is 14.8. The number of benzene rings is 1. The highest BCUT2D eigenvalue weighted by atomic mass is 16.5. The Morgan fingerprint density at radius 1 is 1.04 bits per heavy atom. The van der Waals surface area contributed by atoms with E-state index in [4.69, 9.17) is 10.5 Å². The first-order valence-corrected chi connectivity index (χ1v) is 9.46. The molecule has 1 fully saturated rings. The molecule has 1 saturated heterocycles. The Hall–Kier alpha value is -1.06. The standard InChI is InChI=1S/C20H34N2O/c1-2-3-4-5-6-15-23-20-9-7-19(8-10-20)17-22-13-11-18(16-21)12-14-22/h7-10,18H,2-6,11-17,21H2,1H3. The van der Waals surface area contributed by atoms with Crippen LogP contribution in [-0.4, -0.2) is 31.1 Å². The van der Waals surface area contributed by atoms with Crippen molar-refractivity contribution in [2.45, 2.75) is 58.4 Å². The predicted molar refractivity (Wildman–Crippen MR) is 97.8 cm³/mol. The van der Waals surface area contributed by atoms with Crippen LogP contribution in [-0.2, 0) is 6.54 Å². The second-order valence-electron chi connectivity index (χ2n) is 6.86.